The number of methoxy groups -OCH3 is 2. The molecule has 0 N–H and O–H groups in total. The minimum Gasteiger partial charge on any atom is -0.497 e. The smallest absolute Gasteiger partial charge is 0.238 e. The molecule has 8 heteroatoms. The van der Waals surface area contributed by atoms with E-state index in [0.29, 0.717) is 22.9 Å². The van der Waals surface area contributed by atoms with Crippen molar-refractivity contribution in [3.8, 4) is 11.5 Å². The first-order valence-corrected chi connectivity index (χ1v) is 11.2. The van der Waals surface area contributed by atoms with Crippen LogP contribution < -0.4 is 19.3 Å². The molecule has 2 saturated heterocycles. The van der Waals surface area contributed by atoms with E-state index in [1.165, 1.54) is 9.80 Å². The average molecular weight is 458 g/mol. The van der Waals surface area contributed by atoms with Crippen LogP contribution in [0.15, 0.2) is 60.7 Å². The fourth-order valence-corrected chi connectivity index (χ4v) is 6.20. The van der Waals surface area contributed by atoms with Crippen molar-refractivity contribution in [2.24, 2.45) is 35.5 Å². The summed E-state index contributed by atoms with van der Waals surface area (Å²) in [6, 6.07) is 13.5. The average Bonchev–Trinajstić information content (AvgIpc) is 3.31. The molecule has 4 amide bonds. The third-order valence-electron chi connectivity index (χ3n) is 7.67. The van der Waals surface area contributed by atoms with Gasteiger partial charge in [-0.2, -0.15) is 0 Å². The SMILES string of the molecule is COc1ccc(N2C(=O)[C@@H]3C4C=CC([C@@H]3C2=O)[C@@H]2C(=O)N(c3ccc(OC)cc3)C(=O)[C@@H]42)cc1. The first kappa shape index (κ1) is 20.7. The van der Waals surface area contributed by atoms with Gasteiger partial charge in [0, 0.05) is 11.8 Å². The number of rotatable bonds is 4. The zero-order valence-corrected chi connectivity index (χ0v) is 18.6. The van der Waals surface area contributed by atoms with Crippen molar-refractivity contribution in [3.05, 3.63) is 60.7 Å². The van der Waals surface area contributed by atoms with Crippen LogP contribution in [0.4, 0.5) is 11.4 Å². The summed E-state index contributed by atoms with van der Waals surface area (Å²) < 4.78 is 10.3. The van der Waals surface area contributed by atoms with Crippen LogP contribution in [0, 0.1) is 35.5 Å². The van der Waals surface area contributed by atoms with E-state index in [0.717, 1.165) is 0 Å². The van der Waals surface area contributed by atoms with Crippen molar-refractivity contribution < 1.29 is 28.7 Å². The Hall–Kier alpha value is -3.94. The van der Waals surface area contributed by atoms with Gasteiger partial charge in [0.1, 0.15) is 11.5 Å². The van der Waals surface area contributed by atoms with E-state index in [-0.39, 0.29) is 23.6 Å². The standard InChI is InChI=1S/C26H22N2O6/c1-33-15-7-3-13(4-8-15)27-23(29)19-17-11-12-18(20(19)24(27)30)22-21(17)25(31)28(26(22)32)14-5-9-16(34-2)10-6-14/h3-12,17-22H,1-2H3/t17?,18?,19-,20-,21-,22+/m0/s1. The van der Waals surface area contributed by atoms with Gasteiger partial charge < -0.3 is 9.47 Å². The first-order valence-electron chi connectivity index (χ1n) is 11.2. The summed E-state index contributed by atoms with van der Waals surface area (Å²) >= 11 is 0. The Morgan fingerprint density at radius 1 is 0.529 bits per heavy atom. The van der Waals surface area contributed by atoms with Crippen LogP contribution in [-0.2, 0) is 19.2 Å². The number of hydrogen-bond donors (Lipinski definition) is 0. The Balaban J connectivity index is 1.35. The molecule has 0 aromatic heterocycles. The van der Waals surface area contributed by atoms with Gasteiger partial charge in [-0.25, -0.2) is 0 Å². The zero-order valence-electron chi connectivity index (χ0n) is 18.6. The number of carbonyl (C=O) groups is 4. The van der Waals surface area contributed by atoms with E-state index in [1.54, 1.807) is 62.8 Å². The van der Waals surface area contributed by atoms with Crippen molar-refractivity contribution in [1.82, 2.24) is 0 Å². The lowest BCUT2D eigenvalue weighted by Crippen LogP contribution is -2.50. The summed E-state index contributed by atoms with van der Waals surface area (Å²) in [5.74, 6) is -3.66. The van der Waals surface area contributed by atoms with Crippen molar-refractivity contribution >= 4 is 35.0 Å². The number of benzene rings is 2. The van der Waals surface area contributed by atoms with Crippen LogP contribution in [0.2, 0.25) is 0 Å². The lowest BCUT2D eigenvalue weighted by atomic mass is 9.54. The minimum absolute atomic E-state index is 0.318. The summed E-state index contributed by atoms with van der Waals surface area (Å²) in [4.78, 5) is 56.5. The summed E-state index contributed by atoms with van der Waals surface area (Å²) in [6.45, 7) is 0. The van der Waals surface area contributed by atoms with Gasteiger partial charge in [-0.3, -0.25) is 29.0 Å². The van der Waals surface area contributed by atoms with Crippen molar-refractivity contribution in [1.29, 1.82) is 0 Å². The van der Waals surface area contributed by atoms with E-state index >= 15 is 0 Å². The Morgan fingerprint density at radius 2 is 0.824 bits per heavy atom. The fourth-order valence-electron chi connectivity index (χ4n) is 6.20. The molecular weight excluding hydrogens is 436 g/mol. The number of nitrogens with zero attached hydrogens (tertiary/aromatic N) is 2. The molecule has 1 saturated carbocycles. The molecule has 0 spiro atoms. The number of ether oxygens (including phenoxy) is 2. The normalized spacial score (nSPS) is 31.2. The molecule has 2 unspecified atom stereocenters. The lowest BCUT2D eigenvalue weighted by molar-refractivity contribution is -0.137. The maximum atomic E-state index is 13.5. The van der Waals surface area contributed by atoms with E-state index in [9.17, 15) is 19.2 Å². The second kappa shape index (κ2) is 7.28. The third-order valence-corrected chi connectivity index (χ3v) is 7.67. The molecule has 8 nitrogen and oxygen atoms in total. The van der Waals surface area contributed by atoms with E-state index < -0.39 is 35.5 Å². The molecular formula is C26H22N2O6. The highest BCUT2D eigenvalue weighted by molar-refractivity contribution is 6.26. The largest absolute Gasteiger partial charge is 0.497 e. The summed E-state index contributed by atoms with van der Waals surface area (Å²) in [7, 11) is 3.09. The van der Waals surface area contributed by atoms with E-state index in [2.05, 4.69) is 0 Å². The van der Waals surface area contributed by atoms with Crippen molar-refractivity contribution in [2.75, 3.05) is 24.0 Å². The van der Waals surface area contributed by atoms with Crippen LogP contribution in [0.5, 0.6) is 11.5 Å². The lowest BCUT2D eigenvalue weighted by Gasteiger charge is -2.44. The van der Waals surface area contributed by atoms with Gasteiger partial charge in [-0.1, -0.05) is 12.2 Å². The summed E-state index contributed by atoms with van der Waals surface area (Å²) in [5.41, 5.74) is 0.930. The Kier molecular flexibility index (Phi) is 4.42. The van der Waals surface area contributed by atoms with Gasteiger partial charge in [0.05, 0.1) is 49.3 Å². The molecule has 34 heavy (non-hydrogen) atoms. The highest BCUT2D eigenvalue weighted by atomic mass is 16.5. The van der Waals surface area contributed by atoms with Gasteiger partial charge in [0.25, 0.3) is 0 Å². The van der Waals surface area contributed by atoms with Gasteiger partial charge in [-0.05, 0) is 48.5 Å². The molecule has 7 rings (SSSR count). The fraction of sp³-hybridized carbons (Fsp3) is 0.308. The third kappa shape index (κ3) is 2.59. The number of amides is 4. The van der Waals surface area contributed by atoms with Gasteiger partial charge in [-0.15, -0.1) is 0 Å². The predicted molar refractivity (Wildman–Crippen MR) is 121 cm³/mol. The molecule has 2 heterocycles. The quantitative estimate of drug-likeness (QED) is 0.516. The van der Waals surface area contributed by atoms with Crippen LogP contribution in [0.25, 0.3) is 0 Å². The number of anilines is 2. The van der Waals surface area contributed by atoms with E-state index in [4.69, 9.17) is 9.47 Å². The second-order valence-electron chi connectivity index (χ2n) is 9.06. The summed E-state index contributed by atoms with van der Waals surface area (Å²) in [6.07, 6.45) is 3.72. The Morgan fingerprint density at radius 3 is 1.09 bits per heavy atom. The van der Waals surface area contributed by atoms with Crippen molar-refractivity contribution in [3.63, 3.8) is 0 Å². The van der Waals surface area contributed by atoms with Gasteiger partial charge >= 0.3 is 0 Å². The Bertz CT molecular complexity index is 1110. The van der Waals surface area contributed by atoms with Gasteiger partial charge in [0.2, 0.25) is 23.6 Å². The first-order chi connectivity index (χ1) is 16.5. The molecule has 172 valence electrons. The maximum Gasteiger partial charge on any atom is 0.238 e. The van der Waals surface area contributed by atoms with Crippen molar-refractivity contribution in [2.45, 2.75) is 0 Å². The monoisotopic (exact) mass is 458 g/mol. The number of hydrogen-bond acceptors (Lipinski definition) is 6. The number of allylic oxidation sites excluding steroid dienone is 2. The highest BCUT2D eigenvalue weighted by Crippen LogP contribution is 2.58. The van der Waals surface area contributed by atoms with Crippen LogP contribution in [-0.4, -0.2) is 37.8 Å². The van der Waals surface area contributed by atoms with Gasteiger partial charge in [0.15, 0.2) is 0 Å². The molecule has 2 aliphatic heterocycles. The molecule has 2 aromatic rings. The molecule has 6 atom stereocenters. The topological polar surface area (TPSA) is 93.2 Å². The highest BCUT2D eigenvalue weighted by Gasteiger charge is 2.68. The maximum absolute atomic E-state index is 13.5. The molecule has 3 fully saturated rings. The molecule has 2 bridgehead atoms. The number of imide groups is 2. The van der Waals surface area contributed by atoms with Crippen LogP contribution in [0.3, 0.4) is 0 Å². The molecule has 3 aliphatic carbocycles. The van der Waals surface area contributed by atoms with Crippen LogP contribution in [0.1, 0.15) is 0 Å². The zero-order chi connectivity index (χ0) is 23.7. The summed E-state index contributed by atoms with van der Waals surface area (Å²) in [5, 5.41) is 0. The molecule has 2 aromatic carbocycles. The van der Waals surface area contributed by atoms with E-state index in [1.807, 2.05) is 12.2 Å². The minimum atomic E-state index is -0.654. The molecule has 5 aliphatic rings. The second-order valence-corrected chi connectivity index (χ2v) is 9.06. The molecule has 0 radical (unpaired) electrons. The Labute approximate surface area is 195 Å². The van der Waals surface area contributed by atoms with Crippen LogP contribution >= 0.6 is 0 Å². The number of carbonyl (C=O) groups excluding carboxylic acids is 4. The predicted octanol–water partition coefficient (Wildman–Crippen LogP) is 2.43.